The molecule has 2 aliphatic rings. The molecular weight excluding hydrogens is 715 g/mol. The summed E-state index contributed by atoms with van der Waals surface area (Å²) in [6, 6.07) is 51.3. The second-order valence-corrected chi connectivity index (χ2v) is 21.0. The maximum absolute atomic E-state index is 14.6. The molecule has 2 fully saturated rings. The number of ether oxygens (including phenoxy) is 2. The fourth-order valence-corrected chi connectivity index (χ4v) is 13.9. The molecule has 2 aliphatic heterocycles. The number of hydrogen-bond acceptors (Lipinski definition) is 5. The van der Waals surface area contributed by atoms with Crippen LogP contribution < -0.4 is 10.4 Å². The minimum atomic E-state index is -2.72. The van der Waals surface area contributed by atoms with Crippen LogP contribution in [0.1, 0.15) is 51.2 Å². The van der Waals surface area contributed by atoms with Gasteiger partial charge in [0.1, 0.15) is 6.61 Å². The minimum Gasteiger partial charge on any atom is -0.468 e. The summed E-state index contributed by atoms with van der Waals surface area (Å²) in [4.78, 5) is 16.4. The molecular formula is C48H49NO4SSi. The zero-order chi connectivity index (χ0) is 38.0. The van der Waals surface area contributed by atoms with Crippen LogP contribution in [0.2, 0.25) is 5.04 Å². The SMILES string of the molecule is CC(C)(C)[Si](OC[C@@H]1CC[C@@H](CC(=O)N2C(=S)OCC2(Cc2ccc3ccccc3c2)Cc2ccc3ccccc3c2)O1)(c1ccccc1)c1ccccc1. The summed E-state index contributed by atoms with van der Waals surface area (Å²) in [6.45, 7) is 7.67. The smallest absolute Gasteiger partial charge is 0.266 e. The highest BCUT2D eigenvalue weighted by Gasteiger charge is 2.52. The van der Waals surface area contributed by atoms with Crippen molar-refractivity contribution in [3.05, 3.63) is 157 Å². The third-order valence-corrected chi connectivity index (χ3v) is 16.9. The maximum Gasteiger partial charge on any atom is 0.266 e. The lowest BCUT2D eigenvalue weighted by molar-refractivity contribution is -0.133. The molecule has 5 nitrogen and oxygen atoms in total. The lowest BCUT2D eigenvalue weighted by Crippen LogP contribution is -2.67. The normalized spacial score (nSPS) is 18.5. The lowest BCUT2D eigenvalue weighted by atomic mass is 9.83. The average Bonchev–Trinajstić information content (AvgIpc) is 3.77. The van der Waals surface area contributed by atoms with Crippen molar-refractivity contribution in [2.24, 2.45) is 0 Å². The predicted octanol–water partition coefficient (Wildman–Crippen LogP) is 9.18. The van der Waals surface area contributed by atoms with Gasteiger partial charge in [0.2, 0.25) is 5.91 Å². The Hall–Kier alpha value is -4.66. The van der Waals surface area contributed by atoms with Gasteiger partial charge in [-0.15, -0.1) is 0 Å². The summed E-state index contributed by atoms with van der Waals surface area (Å²) in [5.41, 5.74) is 1.59. The van der Waals surface area contributed by atoms with Gasteiger partial charge in [0.15, 0.2) is 0 Å². The van der Waals surface area contributed by atoms with Crippen LogP contribution in [0.4, 0.5) is 0 Å². The number of carbonyl (C=O) groups is 1. The van der Waals surface area contributed by atoms with Gasteiger partial charge in [-0.25, -0.2) is 0 Å². The Bertz CT molecular complexity index is 2190. The quantitative estimate of drug-likeness (QED) is 0.0974. The Labute approximate surface area is 331 Å². The van der Waals surface area contributed by atoms with E-state index in [2.05, 4.69) is 166 Å². The molecule has 0 bridgehead atoms. The molecule has 2 atom stereocenters. The molecule has 1 amide bonds. The number of nitrogens with zero attached hydrogens (tertiary/aromatic N) is 1. The summed E-state index contributed by atoms with van der Waals surface area (Å²) in [5, 5.41) is 7.33. The molecule has 0 radical (unpaired) electrons. The van der Waals surface area contributed by atoms with Gasteiger partial charge in [0, 0.05) is 0 Å². The Morgan fingerprint density at radius 2 is 1.20 bits per heavy atom. The average molecular weight is 764 g/mol. The van der Waals surface area contributed by atoms with E-state index >= 15 is 0 Å². The summed E-state index contributed by atoms with van der Waals surface area (Å²) in [5.74, 6) is -0.0531. The molecule has 0 N–H and O–H groups in total. The number of rotatable bonds is 11. The van der Waals surface area contributed by atoms with E-state index in [1.54, 1.807) is 4.90 Å². The van der Waals surface area contributed by atoms with Gasteiger partial charge in [-0.3, -0.25) is 9.69 Å². The number of benzene rings is 6. The molecule has 280 valence electrons. The summed E-state index contributed by atoms with van der Waals surface area (Å²) < 4.78 is 20.1. The predicted molar refractivity (Wildman–Crippen MR) is 230 cm³/mol. The first-order valence-electron chi connectivity index (χ1n) is 19.5. The van der Waals surface area contributed by atoms with Crippen LogP contribution in [0.5, 0.6) is 0 Å². The molecule has 0 saturated carbocycles. The van der Waals surface area contributed by atoms with Crippen molar-refractivity contribution in [1.29, 1.82) is 0 Å². The highest BCUT2D eigenvalue weighted by Crippen LogP contribution is 2.39. The first-order chi connectivity index (χ1) is 26.6. The molecule has 8 rings (SSSR count). The van der Waals surface area contributed by atoms with E-state index in [1.807, 2.05) is 0 Å². The first-order valence-corrected chi connectivity index (χ1v) is 21.8. The standard InChI is InChI=1S/C48H49NO4SSi/c1-47(2,3)55(43-18-6-4-7-19-43,44-20-8-5-9-21-44)52-33-42-27-26-41(53-42)30-45(50)49-46(54)51-34-48(49,31-35-22-24-37-14-10-12-16-39(37)28-35)32-36-23-25-38-15-11-13-17-40(38)29-36/h4-25,28-29,41-42H,26-27,30-34H2,1-3H3/t41-,42-/m0/s1. The molecule has 7 heteroatoms. The Balaban J connectivity index is 1.03. The monoisotopic (exact) mass is 763 g/mol. The van der Waals surface area contributed by atoms with E-state index in [0.717, 1.165) is 24.0 Å². The van der Waals surface area contributed by atoms with Crippen molar-refractivity contribution in [3.63, 3.8) is 0 Å². The molecule has 0 aliphatic carbocycles. The zero-order valence-corrected chi connectivity index (χ0v) is 33.8. The van der Waals surface area contributed by atoms with Crippen molar-refractivity contribution in [3.8, 4) is 0 Å². The number of thiocarbonyl (C=S) groups is 1. The van der Waals surface area contributed by atoms with E-state index < -0.39 is 13.9 Å². The van der Waals surface area contributed by atoms with Crippen molar-refractivity contribution < 1.29 is 18.7 Å². The topological polar surface area (TPSA) is 48.0 Å². The van der Waals surface area contributed by atoms with Crippen LogP contribution in [0.3, 0.4) is 0 Å². The Morgan fingerprint density at radius 1 is 0.709 bits per heavy atom. The van der Waals surface area contributed by atoms with Crippen molar-refractivity contribution in [1.82, 2.24) is 4.90 Å². The highest BCUT2D eigenvalue weighted by atomic mass is 32.1. The molecule has 6 aromatic carbocycles. The molecule has 6 aromatic rings. The van der Waals surface area contributed by atoms with Crippen molar-refractivity contribution in [2.75, 3.05) is 13.2 Å². The van der Waals surface area contributed by atoms with Crippen LogP contribution in [-0.2, 0) is 31.5 Å². The van der Waals surface area contributed by atoms with E-state index in [0.29, 0.717) is 26.1 Å². The highest BCUT2D eigenvalue weighted by molar-refractivity contribution is 7.80. The number of fused-ring (bicyclic) bond motifs is 2. The molecule has 0 unspecified atom stereocenters. The second-order valence-electron chi connectivity index (χ2n) is 16.4. The van der Waals surface area contributed by atoms with Gasteiger partial charge >= 0.3 is 0 Å². The fourth-order valence-electron chi connectivity index (χ4n) is 8.98. The van der Waals surface area contributed by atoms with Crippen LogP contribution in [-0.4, -0.2) is 55.3 Å². The van der Waals surface area contributed by atoms with Gasteiger partial charge in [-0.1, -0.05) is 166 Å². The summed E-state index contributed by atoms with van der Waals surface area (Å²) in [6.07, 6.45) is 2.72. The largest absolute Gasteiger partial charge is 0.468 e. The van der Waals surface area contributed by atoms with Crippen LogP contribution in [0, 0.1) is 0 Å². The molecule has 2 heterocycles. The van der Waals surface area contributed by atoms with Crippen molar-refractivity contribution >= 4 is 63.5 Å². The van der Waals surface area contributed by atoms with Gasteiger partial charge in [-0.2, -0.15) is 0 Å². The van der Waals surface area contributed by atoms with Gasteiger partial charge in [-0.05, 0) is 86.0 Å². The number of amides is 1. The van der Waals surface area contributed by atoms with Crippen molar-refractivity contribution in [2.45, 2.75) is 75.7 Å². The van der Waals surface area contributed by atoms with Crippen LogP contribution >= 0.6 is 12.2 Å². The van der Waals surface area contributed by atoms with Gasteiger partial charge < -0.3 is 13.9 Å². The van der Waals surface area contributed by atoms with Crippen LogP contribution in [0.15, 0.2) is 146 Å². The molecule has 55 heavy (non-hydrogen) atoms. The zero-order valence-electron chi connectivity index (χ0n) is 31.9. The van der Waals surface area contributed by atoms with E-state index in [-0.39, 0.29) is 34.7 Å². The van der Waals surface area contributed by atoms with E-state index in [1.165, 1.54) is 31.9 Å². The van der Waals surface area contributed by atoms with E-state index in [9.17, 15) is 4.79 Å². The summed E-state index contributed by atoms with van der Waals surface area (Å²) in [7, 11) is -2.72. The maximum atomic E-state index is 14.6. The Morgan fingerprint density at radius 3 is 1.73 bits per heavy atom. The molecule has 0 aromatic heterocycles. The number of carbonyl (C=O) groups excluding carboxylic acids is 1. The van der Waals surface area contributed by atoms with Gasteiger partial charge in [0.25, 0.3) is 13.5 Å². The fraction of sp³-hybridized carbons (Fsp3) is 0.292. The minimum absolute atomic E-state index is 0.0531. The number of hydrogen-bond donors (Lipinski definition) is 0. The van der Waals surface area contributed by atoms with Gasteiger partial charge in [0.05, 0.1) is 30.8 Å². The second kappa shape index (κ2) is 15.5. The third-order valence-electron chi connectivity index (χ3n) is 11.6. The Kier molecular flexibility index (Phi) is 10.5. The molecule has 2 saturated heterocycles. The third kappa shape index (κ3) is 7.51. The summed E-state index contributed by atoms with van der Waals surface area (Å²) >= 11 is 5.85. The first kappa shape index (κ1) is 37.3. The van der Waals surface area contributed by atoms with E-state index in [4.69, 9.17) is 26.1 Å². The van der Waals surface area contributed by atoms with Crippen LogP contribution in [0.25, 0.3) is 21.5 Å². The molecule has 0 spiro atoms. The lowest BCUT2D eigenvalue weighted by Gasteiger charge is -2.43.